The van der Waals surface area contributed by atoms with E-state index in [-0.39, 0.29) is 31.2 Å². The van der Waals surface area contributed by atoms with Crippen molar-refractivity contribution in [3.05, 3.63) is 100 Å². The molecule has 0 N–H and O–H groups in total. The zero-order valence-electron chi connectivity index (χ0n) is 20.8. The summed E-state index contributed by atoms with van der Waals surface area (Å²) in [7, 11) is -3.22. The Balaban J connectivity index is 1.69. The van der Waals surface area contributed by atoms with E-state index < -0.39 is 27.6 Å². The number of hydrogen-bond donors (Lipinski definition) is 0. The van der Waals surface area contributed by atoms with Gasteiger partial charge in [-0.2, -0.15) is 19.7 Å². The molecule has 0 spiro atoms. The van der Waals surface area contributed by atoms with Gasteiger partial charge in [-0.1, -0.05) is 23.7 Å². The Bertz CT molecular complexity index is 1490. The summed E-state index contributed by atoms with van der Waals surface area (Å²) in [6.45, 7) is 7.82. The first-order valence-corrected chi connectivity index (χ1v) is 14.3. The van der Waals surface area contributed by atoms with E-state index in [1.165, 1.54) is 6.07 Å². The van der Waals surface area contributed by atoms with Gasteiger partial charge in [-0.15, -0.1) is 4.95 Å². The third kappa shape index (κ3) is 7.22. The predicted molar refractivity (Wildman–Crippen MR) is 145 cm³/mol. The molecule has 0 bridgehead atoms. The molecule has 1 unspecified atom stereocenters. The topological polar surface area (TPSA) is 66.6 Å². The number of guanidine groups is 1. The molecule has 1 fully saturated rings. The molecular formula is C27H24ClF3N4O3S. The zero-order valence-corrected chi connectivity index (χ0v) is 22.3. The van der Waals surface area contributed by atoms with E-state index in [2.05, 4.69) is 10.1 Å². The molecule has 0 radical (unpaired) electrons. The highest BCUT2D eigenvalue weighted by Gasteiger charge is 2.40. The number of hydrogen-bond acceptors (Lipinski definition) is 4. The molecule has 3 aromatic carbocycles. The number of ether oxygens (including phenoxy) is 1. The summed E-state index contributed by atoms with van der Waals surface area (Å²) in [5.74, 6) is 1.25. The van der Waals surface area contributed by atoms with E-state index in [0.29, 0.717) is 27.8 Å². The first-order chi connectivity index (χ1) is 18.4. The van der Waals surface area contributed by atoms with E-state index in [1.54, 1.807) is 64.4 Å². The van der Waals surface area contributed by atoms with Crippen LogP contribution in [-0.4, -0.2) is 44.4 Å². The standard InChI is InChI=1S/C27H24ClF3N4O3S/c1-32-33-26-34(15-4-16-39(2,36)37)18-25(19-5-3-6-20(17-19)27(29,30)31)35(26)22-9-13-24(14-10-22)38-23-11-7-21(28)8-12-23/h3,5-14,17,25H,4,15-16,18H2,2H3/b33-26+. The Kier molecular flexibility index (Phi) is 8.37. The normalized spacial score (nSPS) is 16.9. The van der Waals surface area contributed by atoms with Crippen LogP contribution in [0.4, 0.5) is 18.9 Å². The number of rotatable bonds is 8. The monoisotopic (exact) mass is 576 g/mol. The number of sulfone groups is 1. The second-order valence-corrected chi connectivity index (χ2v) is 11.7. The molecule has 0 amide bonds. The van der Waals surface area contributed by atoms with Crippen molar-refractivity contribution in [2.24, 2.45) is 5.10 Å². The first kappa shape index (κ1) is 28.3. The third-order valence-electron chi connectivity index (χ3n) is 6.05. The van der Waals surface area contributed by atoms with E-state index in [9.17, 15) is 21.6 Å². The zero-order chi connectivity index (χ0) is 28.2. The molecule has 7 nitrogen and oxygen atoms in total. The average molecular weight is 577 g/mol. The number of anilines is 1. The van der Waals surface area contributed by atoms with Crippen LogP contribution in [0.25, 0.3) is 4.95 Å². The second-order valence-electron chi connectivity index (χ2n) is 8.99. The summed E-state index contributed by atoms with van der Waals surface area (Å²) in [6, 6.07) is 18.1. The van der Waals surface area contributed by atoms with Crippen molar-refractivity contribution >= 4 is 33.1 Å². The van der Waals surface area contributed by atoms with Crippen LogP contribution < -0.4 is 9.64 Å². The lowest BCUT2D eigenvalue weighted by Gasteiger charge is -2.25. The lowest BCUT2D eigenvalue weighted by atomic mass is 10.0. The van der Waals surface area contributed by atoms with Gasteiger partial charge in [0.1, 0.15) is 26.4 Å². The molecule has 12 heteroatoms. The molecule has 1 aliphatic rings. The van der Waals surface area contributed by atoms with Crippen LogP contribution in [-0.2, 0) is 16.0 Å². The maximum Gasteiger partial charge on any atom is 0.416 e. The van der Waals surface area contributed by atoms with Crippen molar-refractivity contribution in [1.29, 1.82) is 0 Å². The molecule has 204 valence electrons. The van der Waals surface area contributed by atoms with Crippen LogP contribution in [0, 0.1) is 6.57 Å². The van der Waals surface area contributed by atoms with Gasteiger partial charge >= 0.3 is 6.18 Å². The van der Waals surface area contributed by atoms with Gasteiger partial charge < -0.3 is 9.64 Å². The Hall–Kier alpha value is -3.75. The van der Waals surface area contributed by atoms with Crippen LogP contribution in [0.3, 0.4) is 0 Å². The molecule has 39 heavy (non-hydrogen) atoms. The molecule has 1 saturated heterocycles. The summed E-state index contributed by atoms with van der Waals surface area (Å²) in [5.41, 5.74) is 0.175. The van der Waals surface area contributed by atoms with E-state index >= 15 is 0 Å². The highest BCUT2D eigenvalue weighted by Crippen LogP contribution is 2.38. The minimum Gasteiger partial charge on any atom is -0.457 e. The Labute approximate surface area is 229 Å². The molecule has 0 saturated carbocycles. The van der Waals surface area contributed by atoms with Gasteiger partial charge in [0, 0.05) is 30.1 Å². The van der Waals surface area contributed by atoms with Crippen molar-refractivity contribution in [1.82, 2.24) is 4.90 Å². The van der Waals surface area contributed by atoms with Crippen molar-refractivity contribution in [2.75, 3.05) is 30.0 Å². The second kappa shape index (κ2) is 11.6. The molecule has 0 aromatic heterocycles. The molecule has 0 aliphatic carbocycles. The Morgan fingerprint density at radius 2 is 1.72 bits per heavy atom. The molecule has 1 atom stereocenters. The highest BCUT2D eigenvalue weighted by molar-refractivity contribution is 7.90. The molecule has 1 aliphatic heterocycles. The Morgan fingerprint density at radius 1 is 1.08 bits per heavy atom. The number of alkyl halides is 3. The van der Waals surface area contributed by atoms with E-state index in [4.69, 9.17) is 22.9 Å². The van der Waals surface area contributed by atoms with Crippen LogP contribution in [0.15, 0.2) is 77.9 Å². The number of benzene rings is 3. The number of nitrogens with zero attached hydrogens (tertiary/aromatic N) is 4. The third-order valence-corrected chi connectivity index (χ3v) is 7.33. The van der Waals surface area contributed by atoms with Crippen molar-refractivity contribution < 1.29 is 26.3 Å². The Morgan fingerprint density at radius 3 is 2.31 bits per heavy atom. The van der Waals surface area contributed by atoms with Gasteiger partial charge in [0.25, 0.3) is 5.96 Å². The van der Waals surface area contributed by atoms with E-state index in [1.807, 2.05) is 0 Å². The minimum absolute atomic E-state index is 0.0697. The fraction of sp³-hybridized carbons (Fsp3) is 0.259. The largest absolute Gasteiger partial charge is 0.457 e. The van der Waals surface area contributed by atoms with Gasteiger partial charge in [-0.05, 0) is 72.6 Å². The van der Waals surface area contributed by atoms with Crippen molar-refractivity contribution in [2.45, 2.75) is 18.6 Å². The van der Waals surface area contributed by atoms with Gasteiger partial charge in [0.05, 0.1) is 17.4 Å². The quantitative estimate of drug-likeness (QED) is 0.222. The van der Waals surface area contributed by atoms with Crippen LogP contribution >= 0.6 is 11.6 Å². The van der Waals surface area contributed by atoms with Crippen LogP contribution in [0.5, 0.6) is 11.5 Å². The minimum atomic E-state index is -4.53. The number of halogens is 4. The van der Waals surface area contributed by atoms with Crippen molar-refractivity contribution in [3.8, 4) is 11.5 Å². The van der Waals surface area contributed by atoms with Gasteiger partial charge in [-0.25, -0.2) is 8.42 Å². The summed E-state index contributed by atoms with van der Waals surface area (Å²) in [4.78, 5) is 6.61. The highest BCUT2D eigenvalue weighted by atomic mass is 35.5. The lowest BCUT2D eigenvalue weighted by molar-refractivity contribution is -0.137. The lowest BCUT2D eigenvalue weighted by Crippen LogP contribution is -2.35. The maximum atomic E-state index is 13.5. The molecule has 3 aromatic rings. The molecule has 4 rings (SSSR count). The van der Waals surface area contributed by atoms with Gasteiger partial charge in [0.15, 0.2) is 0 Å². The fourth-order valence-electron chi connectivity index (χ4n) is 4.31. The SMILES string of the molecule is [C-]#[N+]/N=C1\N(CCCS(C)(=O)=O)CC(c2cccc(C(F)(F)F)c2)N1c1ccc(Oc2ccc(Cl)cc2)cc1. The summed E-state index contributed by atoms with van der Waals surface area (Å²) < 4.78 is 69.7. The smallest absolute Gasteiger partial charge is 0.416 e. The predicted octanol–water partition coefficient (Wildman–Crippen LogP) is 6.64. The van der Waals surface area contributed by atoms with E-state index in [0.717, 1.165) is 18.4 Å². The first-order valence-electron chi connectivity index (χ1n) is 11.8. The average Bonchev–Trinajstić information content (AvgIpc) is 3.23. The van der Waals surface area contributed by atoms with Crippen molar-refractivity contribution in [3.63, 3.8) is 0 Å². The van der Waals surface area contributed by atoms with Crippen LogP contribution in [0.1, 0.15) is 23.6 Å². The van der Waals surface area contributed by atoms with Gasteiger partial charge in [-0.3, -0.25) is 4.90 Å². The maximum absolute atomic E-state index is 13.5. The molecular weight excluding hydrogens is 553 g/mol. The van der Waals surface area contributed by atoms with Crippen LogP contribution in [0.2, 0.25) is 5.02 Å². The summed E-state index contributed by atoms with van der Waals surface area (Å²) in [5, 5.41) is 4.54. The fourth-order valence-corrected chi connectivity index (χ4v) is 5.09. The summed E-state index contributed by atoms with van der Waals surface area (Å²) in [6.07, 6.45) is -3.12. The summed E-state index contributed by atoms with van der Waals surface area (Å²) >= 11 is 5.92. The van der Waals surface area contributed by atoms with Gasteiger partial charge in [0.2, 0.25) is 0 Å². The molecule has 1 heterocycles.